The minimum absolute atomic E-state index is 0.00866. The molecule has 0 aromatic rings. The standard InChI is InChI=1S/C11H15BrO2/c1-2-3-4-7-5-10-9(12)6-8(7)11(13)14-10/h6-8,10H,2-5H2,1H3/t7-,8+,10+/m0/s1. The Bertz CT molecular complexity index is 272. The Morgan fingerprint density at radius 1 is 1.64 bits per heavy atom. The van der Waals surface area contributed by atoms with Crippen molar-refractivity contribution in [1.82, 2.24) is 0 Å². The van der Waals surface area contributed by atoms with E-state index < -0.39 is 0 Å². The molecule has 3 atom stereocenters. The van der Waals surface area contributed by atoms with Crippen molar-refractivity contribution in [3.05, 3.63) is 10.6 Å². The van der Waals surface area contributed by atoms with E-state index in [1.165, 1.54) is 12.8 Å². The average Bonchev–Trinajstić information content (AvgIpc) is 2.17. The molecule has 3 rings (SSSR count). The molecule has 0 aromatic heterocycles. The molecule has 2 aliphatic heterocycles. The minimum atomic E-state index is -0.0226. The lowest BCUT2D eigenvalue weighted by Crippen LogP contribution is -2.41. The van der Waals surface area contributed by atoms with E-state index in [-0.39, 0.29) is 18.0 Å². The van der Waals surface area contributed by atoms with Crippen LogP contribution in [-0.2, 0) is 9.53 Å². The van der Waals surface area contributed by atoms with Crippen molar-refractivity contribution in [2.75, 3.05) is 0 Å². The molecule has 78 valence electrons. The van der Waals surface area contributed by atoms with Gasteiger partial charge in [0.1, 0.15) is 6.10 Å². The highest BCUT2D eigenvalue weighted by atomic mass is 79.9. The number of halogens is 1. The first-order valence-corrected chi connectivity index (χ1v) is 6.09. The van der Waals surface area contributed by atoms with Gasteiger partial charge in [0.05, 0.1) is 5.92 Å². The van der Waals surface area contributed by atoms with Crippen molar-refractivity contribution in [2.45, 2.75) is 38.7 Å². The molecule has 2 nitrogen and oxygen atoms in total. The second-order valence-electron chi connectivity index (χ2n) is 4.14. The van der Waals surface area contributed by atoms with Crippen LogP contribution in [0.3, 0.4) is 0 Å². The number of carbonyl (C=O) groups excluding carboxylic acids is 1. The summed E-state index contributed by atoms with van der Waals surface area (Å²) in [6.07, 6.45) is 6.63. The fourth-order valence-corrected chi connectivity index (χ4v) is 2.86. The van der Waals surface area contributed by atoms with Crippen molar-refractivity contribution in [1.29, 1.82) is 0 Å². The van der Waals surface area contributed by atoms with Gasteiger partial charge < -0.3 is 4.74 Å². The lowest BCUT2D eigenvalue weighted by atomic mass is 9.77. The highest BCUT2D eigenvalue weighted by Gasteiger charge is 2.42. The maximum atomic E-state index is 11.5. The van der Waals surface area contributed by atoms with Crippen molar-refractivity contribution >= 4 is 21.9 Å². The van der Waals surface area contributed by atoms with Crippen LogP contribution in [0.4, 0.5) is 0 Å². The van der Waals surface area contributed by atoms with Crippen molar-refractivity contribution in [3.63, 3.8) is 0 Å². The summed E-state index contributed by atoms with van der Waals surface area (Å²) in [4.78, 5) is 11.5. The first-order chi connectivity index (χ1) is 6.72. The molecule has 1 aliphatic carbocycles. The van der Waals surface area contributed by atoms with Gasteiger partial charge in [0.2, 0.25) is 0 Å². The highest BCUT2D eigenvalue weighted by Crippen LogP contribution is 2.41. The first kappa shape index (κ1) is 10.2. The monoisotopic (exact) mass is 258 g/mol. The van der Waals surface area contributed by atoms with Gasteiger partial charge >= 0.3 is 5.97 Å². The summed E-state index contributed by atoms with van der Waals surface area (Å²) in [7, 11) is 0. The van der Waals surface area contributed by atoms with E-state index in [0.29, 0.717) is 5.92 Å². The molecule has 0 amide bonds. The quantitative estimate of drug-likeness (QED) is 0.728. The Kier molecular flexibility index (Phi) is 2.96. The predicted molar refractivity (Wildman–Crippen MR) is 58.0 cm³/mol. The molecule has 2 bridgehead atoms. The zero-order valence-corrected chi connectivity index (χ0v) is 9.92. The topological polar surface area (TPSA) is 26.3 Å². The largest absolute Gasteiger partial charge is 0.456 e. The Morgan fingerprint density at radius 2 is 2.43 bits per heavy atom. The van der Waals surface area contributed by atoms with Gasteiger partial charge in [-0.3, -0.25) is 4.79 Å². The summed E-state index contributed by atoms with van der Waals surface area (Å²) in [6.45, 7) is 2.19. The van der Waals surface area contributed by atoms with E-state index >= 15 is 0 Å². The van der Waals surface area contributed by atoms with Gasteiger partial charge in [-0.05, 0) is 18.8 Å². The van der Waals surface area contributed by atoms with Crippen LogP contribution in [0.5, 0.6) is 0 Å². The molecule has 1 saturated heterocycles. The van der Waals surface area contributed by atoms with Gasteiger partial charge in [0.25, 0.3) is 0 Å². The maximum absolute atomic E-state index is 11.5. The summed E-state index contributed by atoms with van der Waals surface area (Å²) < 4.78 is 6.32. The molecule has 0 N–H and O–H groups in total. The first-order valence-electron chi connectivity index (χ1n) is 5.30. The Hall–Kier alpha value is -0.310. The number of carbonyl (C=O) groups is 1. The second kappa shape index (κ2) is 4.05. The summed E-state index contributed by atoms with van der Waals surface area (Å²) in [5, 5.41) is 0. The normalized spacial score (nSPS) is 35.4. The molecule has 0 saturated carbocycles. The number of unbranched alkanes of at least 4 members (excludes halogenated alkanes) is 1. The Labute approximate surface area is 92.8 Å². The SMILES string of the molecule is CCCC[C@H]1C[C@H]2OC(=O)[C@@H]1C=C2Br. The van der Waals surface area contributed by atoms with Crippen LogP contribution in [0.1, 0.15) is 32.6 Å². The molecule has 0 unspecified atom stereocenters. The van der Waals surface area contributed by atoms with E-state index in [1.807, 2.05) is 6.08 Å². The third-order valence-electron chi connectivity index (χ3n) is 3.13. The third-order valence-corrected chi connectivity index (χ3v) is 3.91. The third kappa shape index (κ3) is 1.74. The van der Waals surface area contributed by atoms with Gasteiger partial charge in [-0.15, -0.1) is 0 Å². The number of fused-ring (bicyclic) bond motifs is 2. The number of hydrogen-bond acceptors (Lipinski definition) is 2. The second-order valence-corrected chi connectivity index (χ2v) is 5.06. The lowest BCUT2D eigenvalue weighted by molar-refractivity contribution is -0.161. The Balaban J connectivity index is 2.07. The molecule has 3 aliphatic rings. The van der Waals surface area contributed by atoms with Gasteiger partial charge in [-0.1, -0.05) is 41.8 Å². The van der Waals surface area contributed by atoms with E-state index in [2.05, 4.69) is 22.9 Å². The van der Waals surface area contributed by atoms with Crippen molar-refractivity contribution in [3.8, 4) is 0 Å². The zero-order chi connectivity index (χ0) is 10.1. The number of esters is 1. The molecule has 0 aromatic carbocycles. The van der Waals surface area contributed by atoms with Crippen LogP contribution in [0.2, 0.25) is 0 Å². The molecule has 0 spiro atoms. The van der Waals surface area contributed by atoms with E-state index in [4.69, 9.17) is 4.74 Å². The number of rotatable bonds is 3. The van der Waals surface area contributed by atoms with Crippen LogP contribution in [0.15, 0.2) is 10.6 Å². The summed E-state index contributed by atoms with van der Waals surface area (Å²) in [5.41, 5.74) is 0. The average molecular weight is 259 g/mol. The highest BCUT2D eigenvalue weighted by molar-refractivity contribution is 9.11. The molecule has 0 radical (unpaired) electrons. The van der Waals surface area contributed by atoms with Crippen LogP contribution < -0.4 is 0 Å². The number of ether oxygens (including phenoxy) is 1. The fourth-order valence-electron chi connectivity index (χ4n) is 2.30. The van der Waals surface area contributed by atoms with Crippen LogP contribution in [0, 0.1) is 11.8 Å². The summed E-state index contributed by atoms with van der Waals surface area (Å²) in [5.74, 6) is 0.508. The summed E-state index contributed by atoms with van der Waals surface area (Å²) >= 11 is 3.45. The maximum Gasteiger partial charge on any atom is 0.313 e. The molecule has 14 heavy (non-hydrogen) atoms. The van der Waals surface area contributed by atoms with Gasteiger partial charge in [-0.25, -0.2) is 0 Å². The molecular weight excluding hydrogens is 244 g/mol. The van der Waals surface area contributed by atoms with Gasteiger partial charge in [0, 0.05) is 4.48 Å². The van der Waals surface area contributed by atoms with Gasteiger partial charge in [-0.2, -0.15) is 0 Å². The minimum Gasteiger partial charge on any atom is -0.456 e. The molecule has 3 heteroatoms. The van der Waals surface area contributed by atoms with E-state index in [9.17, 15) is 4.79 Å². The van der Waals surface area contributed by atoms with Crippen LogP contribution >= 0.6 is 15.9 Å². The predicted octanol–water partition coefficient (Wildman–Crippen LogP) is 3.02. The smallest absolute Gasteiger partial charge is 0.313 e. The van der Waals surface area contributed by atoms with Crippen molar-refractivity contribution in [2.24, 2.45) is 11.8 Å². The zero-order valence-electron chi connectivity index (χ0n) is 8.33. The lowest BCUT2D eigenvalue weighted by Gasteiger charge is -2.38. The fraction of sp³-hybridized carbons (Fsp3) is 0.727. The molecule has 2 heterocycles. The summed E-state index contributed by atoms with van der Waals surface area (Å²) in [6, 6.07) is 0. The van der Waals surface area contributed by atoms with Crippen LogP contribution in [-0.4, -0.2) is 12.1 Å². The molecular formula is C11H15BrO2. The molecule has 1 fully saturated rings. The van der Waals surface area contributed by atoms with Crippen molar-refractivity contribution < 1.29 is 9.53 Å². The van der Waals surface area contributed by atoms with Gasteiger partial charge in [0.15, 0.2) is 0 Å². The van der Waals surface area contributed by atoms with Crippen LogP contribution in [0.25, 0.3) is 0 Å². The van der Waals surface area contributed by atoms with E-state index in [1.54, 1.807) is 0 Å². The number of hydrogen-bond donors (Lipinski definition) is 0. The Morgan fingerprint density at radius 3 is 3.07 bits per heavy atom. The van der Waals surface area contributed by atoms with E-state index in [0.717, 1.165) is 17.3 Å².